The van der Waals surface area contributed by atoms with E-state index < -0.39 is 0 Å². The van der Waals surface area contributed by atoms with Gasteiger partial charge in [0.25, 0.3) is 5.91 Å². The number of H-pyrrole nitrogens is 1. The number of piperidine rings is 2. The minimum Gasteiger partial charge on any atom is -0.493 e. The van der Waals surface area contributed by atoms with Crippen LogP contribution in [0.5, 0.6) is 11.5 Å². The molecule has 1 amide bonds. The number of carbonyl (C=O) groups is 1. The zero-order chi connectivity index (χ0) is 27.2. The van der Waals surface area contributed by atoms with Gasteiger partial charge in [0.2, 0.25) is 0 Å². The van der Waals surface area contributed by atoms with Crippen molar-refractivity contribution in [3.8, 4) is 11.5 Å². The summed E-state index contributed by atoms with van der Waals surface area (Å²) >= 11 is 0. The summed E-state index contributed by atoms with van der Waals surface area (Å²) in [6.07, 6.45) is 5.06. The van der Waals surface area contributed by atoms with E-state index in [1.54, 1.807) is 7.11 Å². The SMILES string of the molecule is CCN1CCC23c4c5ccc(OC)c4O[C@H]2c2[nH]c(C(=O)N4CCC(c6ccccc6)CC4)c(C)c2C[C@H]3[C@@H]1C5. The highest BCUT2D eigenvalue weighted by atomic mass is 16.5. The number of fused-ring (bicyclic) bond motifs is 2. The molecule has 8 rings (SSSR count). The van der Waals surface area contributed by atoms with Gasteiger partial charge in [-0.25, -0.2) is 0 Å². The van der Waals surface area contributed by atoms with E-state index in [1.807, 2.05) is 0 Å². The van der Waals surface area contributed by atoms with Crippen molar-refractivity contribution in [2.24, 2.45) is 5.92 Å². The molecule has 2 aromatic carbocycles. The number of nitrogens with zero attached hydrogens (tertiary/aromatic N) is 2. The Morgan fingerprint density at radius 2 is 1.90 bits per heavy atom. The predicted octanol–water partition coefficient (Wildman–Crippen LogP) is 5.55. The van der Waals surface area contributed by atoms with E-state index in [0.29, 0.717) is 17.9 Å². The standard InChI is InChI=1S/C34H39N3O3/c1-4-36-17-14-34-25-19-24-20(2)29(33(38)37-15-12-22(13-16-37)21-8-6-5-7-9-21)35-30(24)32(34)40-31-27(39-3)11-10-23(28(31)34)18-26(25)36/h5-11,22,25-26,32,35H,4,12-19H2,1-3H3/t25-,26-,32-,34?/m0/s1. The summed E-state index contributed by atoms with van der Waals surface area (Å²) in [5.74, 6) is 2.92. The highest BCUT2D eigenvalue weighted by Gasteiger charge is 2.65. The van der Waals surface area contributed by atoms with Crippen LogP contribution in [0.3, 0.4) is 0 Å². The summed E-state index contributed by atoms with van der Waals surface area (Å²) < 4.78 is 12.8. The summed E-state index contributed by atoms with van der Waals surface area (Å²) in [5, 5.41) is 0. The molecule has 1 spiro atoms. The number of hydrogen-bond acceptors (Lipinski definition) is 4. The molecule has 1 aromatic heterocycles. The van der Waals surface area contributed by atoms with Crippen molar-refractivity contribution in [1.29, 1.82) is 0 Å². The number of aromatic amines is 1. The molecule has 3 aromatic rings. The molecule has 0 saturated carbocycles. The monoisotopic (exact) mass is 537 g/mol. The number of rotatable bonds is 4. The second kappa shape index (κ2) is 8.87. The van der Waals surface area contributed by atoms with Crippen LogP contribution in [0.25, 0.3) is 0 Å². The molecule has 4 atom stereocenters. The first-order chi connectivity index (χ1) is 19.5. The van der Waals surface area contributed by atoms with Gasteiger partial charge < -0.3 is 19.4 Å². The highest BCUT2D eigenvalue weighted by molar-refractivity contribution is 5.94. The van der Waals surface area contributed by atoms with Gasteiger partial charge in [0.15, 0.2) is 11.5 Å². The number of aromatic nitrogens is 1. The average Bonchev–Trinajstić information content (AvgIpc) is 3.51. The van der Waals surface area contributed by atoms with Crippen LogP contribution in [0.15, 0.2) is 42.5 Å². The van der Waals surface area contributed by atoms with E-state index in [1.165, 1.54) is 22.3 Å². The van der Waals surface area contributed by atoms with Crippen molar-refractivity contribution < 1.29 is 14.3 Å². The maximum absolute atomic E-state index is 14.0. The van der Waals surface area contributed by atoms with E-state index in [0.717, 1.165) is 86.7 Å². The molecule has 208 valence electrons. The molecule has 0 radical (unpaired) electrons. The fraction of sp³-hybridized carbons (Fsp3) is 0.500. The highest BCUT2D eigenvalue weighted by Crippen LogP contribution is 2.67. The zero-order valence-corrected chi connectivity index (χ0v) is 23.8. The lowest BCUT2D eigenvalue weighted by atomic mass is 9.51. The van der Waals surface area contributed by atoms with Gasteiger partial charge in [-0.1, -0.05) is 43.3 Å². The van der Waals surface area contributed by atoms with Gasteiger partial charge in [-0.05, 0) is 92.3 Å². The molecule has 2 fully saturated rings. The summed E-state index contributed by atoms with van der Waals surface area (Å²) in [6.45, 7) is 8.21. The van der Waals surface area contributed by atoms with Crippen molar-refractivity contribution in [2.75, 3.05) is 33.3 Å². The molecule has 6 nitrogen and oxygen atoms in total. The first-order valence-corrected chi connectivity index (χ1v) is 15.2. The third kappa shape index (κ3) is 3.17. The Bertz CT molecular complexity index is 1490. The Hall–Kier alpha value is -3.25. The van der Waals surface area contributed by atoms with Crippen LogP contribution in [0.2, 0.25) is 0 Å². The fourth-order valence-corrected chi connectivity index (χ4v) is 9.23. The first-order valence-electron chi connectivity index (χ1n) is 15.2. The molecule has 3 aliphatic heterocycles. The number of hydrogen-bond donors (Lipinski definition) is 1. The van der Waals surface area contributed by atoms with E-state index >= 15 is 0 Å². The second-order valence-corrected chi connectivity index (χ2v) is 12.6. The van der Waals surface area contributed by atoms with E-state index in [-0.39, 0.29) is 17.4 Å². The van der Waals surface area contributed by atoms with Crippen LogP contribution in [-0.2, 0) is 18.3 Å². The van der Waals surface area contributed by atoms with Crippen LogP contribution < -0.4 is 9.47 Å². The molecular formula is C34H39N3O3. The number of methoxy groups -OCH3 is 1. The van der Waals surface area contributed by atoms with Gasteiger partial charge in [0.1, 0.15) is 11.8 Å². The van der Waals surface area contributed by atoms with E-state index in [4.69, 9.17) is 9.47 Å². The quantitative estimate of drug-likeness (QED) is 0.475. The van der Waals surface area contributed by atoms with Crippen molar-refractivity contribution in [3.05, 3.63) is 81.7 Å². The maximum atomic E-state index is 14.0. The van der Waals surface area contributed by atoms with Crippen LogP contribution in [0.1, 0.15) is 82.2 Å². The number of carbonyl (C=O) groups excluding carboxylic acids is 1. The van der Waals surface area contributed by atoms with Gasteiger partial charge in [0.05, 0.1) is 12.8 Å². The number of amides is 1. The molecule has 40 heavy (non-hydrogen) atoms. The van der Waals surface area contributed by atoms with Crippen LogP contribution in [0, 0.1) is 12.8 Å². The molecule has 1 unspecified atom stereocenters. The summed E-state index contributed by atoms with van der Waals surface area (Å²) in [5.41, 5.74) is 8.47. The lowest BCUT2D eigenvalue weighted by Gasteiger charge is -2.58. The molecule has 2 aliphatic carbocycles. The zero-order valence-electron chi connectivity index (χ0n) is 23.8. The van der Waals surface area contributed by atoms with Gasteiger partial charge in [-0.15, -0.1) is 0 Å². The third-order valence-electron chi connectivity index (χ3n) is 11.2. The van der Waals surface area contributed by atoms with Crippen LogP contribution >= 0.6 is 0 Å². The number of ether oxygens (including phenoxy) is 2. The third-order valence-corrected chi connectivity index (χ3v) is 11.2. The number of likely N-dealkylation sites (N-methyl/N-ethyl adjacent to an activating group) is 1. The van der Waals surface area contributed by atoms with Gasteiger partial charge >= 0.3 is 0 Å². The molecular weight excluding hydrogens is 498 g/mol. The molecule has 2 saturated heterocycles. The Balaban J connectivity index is 1.16. The minimum absolute atomic E-state index is 0.0631. The Morgan fingerprint density at radius 1 is 1.10 bits per heavy atom. The lowest BCUT2D eigenvalue weighted by Crippen LogP contribution is -2.62. The lowest BCUT2D eigenvalue weighted by molar-refractivity contribution is -0.0338. The first kappa shape index (κ1) is 24.5. The predicted molar refractivity (Wildman–Crippen MR) is 154 cm³/mol. The number of nitrogens with one attached hydrogen (secondary N) is 1. The van der Waals surface area contributed by atoms with Crippen molar-refractivity contribution in [1.82, 2.24) is 14.8 Å². The van der Waals surface area contributed by atoms with Crippen LogP contribution in [-0.4, -0.2) is 60.0 Å². The summed E-state index contributed by atoms with van der Waals surface area (Å²) in [7, 11) is 1.74. The van der Waals surface area contributed by atoms with Gasteiger partial charge in [0, 0.05) is 30.1 Å². The Labute approximate surface area is 236 Å². The minimum atomic E-state index is -0.0998. The van der Waals surface area contributed by atoms with E-state index in [9.17, 15) is 4.79 Å². The molecule has 5 aliphatic rings. The molecule has 1 N–H and O–H groups in total. The second-order valence-electron chi connectivity index (χ2n) is 12.6. The smallest absolute Gasteiger partial charge is 0.270 e. The molecule has 6 heteroatoms. The Kier molecular flexibility index (Phi) is 5.44. The number of likely N-dealkylation sites (tertiary alicyclic amines) is 2. The fourth-order valence-electron chi connectivity index (χ4n) is 9.23. The van der Waals surface area contributed by atoms with E-state index in [2.05, 4.69) is 71.1 Å². The number of benzene rings is 2. The summed E-state index contributed by atoms with van der Waals surface area (Å²) in [6, 6.07) is 15.6. The normalized spacial score (nSPS) is 28.6. The maximum Gasteiger partial charge on any atom is 0.270 e. The van der Waals surface area contributed by atoms with Crippen LogP contribution in [0.4, 0.5) is 0 Å². The average molecular weight is 538 g/mol. The van der Waals surface area contributed by atoms with Crippen molar-refractivity contribution in [2.45, 2.75) is 69.4 Å². The molecule has 2 bridgehead atoms. The molecule has 4 heterocycles. The summed E-state index contributed by atoms with van der Waals surface area (Å²) in [4.78, 5) is 22.5. The Morgan fingerprint density at radius 3 is 2.65 bits per heavy atom. The van der Waals surface area contributed by atoms with Gasteiger partial charge in [-0.2, -0.15) is 0 Å². The van der Waals surface area contributed by atoms with Gasteiger partial charge in [-0.3, -0.25) is 9.69 Å². The largest absolute Gasteiger partial charge is 0.493 e. The van der Waals surface area contributed by atoms with Crippen molar-refractivity contribution in [3.63, 3.8) is 0 Å². The topological polar surface area (TPSA) is 57.8 Å². The van der Waals surface area contributed by atoms with Crippen molar-refractivity contribution >= 4 is 5.91 Å².